The zero-order valence-electron chi connectivity index (χ0n) is 19.5. The maximum Gasteiger partial charge on any atom is 0.319 e. The van der Waals surface area contributed by atoms with Crippen LogP contribution in [-0.2, 0) is 12.8 Å². The number of nitrogens with one attached hydrogen (secondary N) is 1. The van der Waals surface area contributed by atoms with Crippen LogP contribution >= 0.6 is 11.6 Å². The molecule has 4 rings (SSSR count). The minimum Gasteiger partial charge on any atom is -0.362 e. The monoisotopic (exact) mass is 487 g/mol. The van der Waals surface area contributed by atoms with Gasteiger partial charge >= 0.3 is 6.03 Å². The van der Waals surface area contributed by atoms with E-state index < -0.39 is 11.0 Å². The normalized spacial score (nSPS) is 19.7. The molecular formula is C23H30ClN7O3. The molecular weight excluding hydrogens is 458 g/mol. The Bertz CT molecular complexity index is 1090. The quantitative estimate of drug-likeness (QED) is 0.459. The highest BCUT2D eigenvalue weighted by atomic mass is 35.5. The predicted octanol–water partition coefficient (Wildman–Crippen LogP) is 4.29. The molecule has 2 aliphatic carbocycles. The van der Waals surface area contributed by atoms with E-state index in [1.807, 2.05) is 19.0 Å². The Morgan fingerprint density at radius 1 is 1.18 bits per heavy atom. The van der Waals surface area contributed by atoms with Crippen LogP contribution in [0.3, 0.4) is 0 Å². The minimum absolute atomic E-state index is 0.131. The van der Waals surface area contributed by atoms with Gasteiger partial charge in [0.25, 0.3) is 5.69 Å². The molecule has 1 aromatic carbocycles. The van der Waals surface area contributed by atoms with Crippen molar-refractivity contribution in [3.05, 3.63) is 44.6 Å². The number of aromatic nitrogens is 2. The number of rotatable bonds is 6. The number of anilines is 3. The smallest absolute Gasteiger partial charge is 0.319 e. The van der Waals surface area contributed by atoms with E-state index in [-0.39, 0.29) is 22.8 Å². The van der Waals surface area contributed by atoms with Crippen LogP contribution in [0.5, 0.6) is 0 Å². The zero-order chi connectivity index (χ0) is 24.4. The number of benzene rings is 1. The van der Waals surface area contributed by atoms with Gasteiger partial charge in [0, 0.05) is 43.9 Å². The second kappa shape index (κ2) is 10.0. The van der Waals surface area contributed by atoms with Gasteiger partial charge in [-0.05, 0) is 57.4 Å². The first-order chi connectivity index (χ1) is 16.2. The summed E-state index contributed by atoms with van der Waals surface area (Å²) >= 11 is 6.28. The first kappa shape index (κ1) is 24.0. The zero-order valence-corrected chi connectivity index (χ0v) is 20.2. The number of amides is 2. The third-order valence-corrected chi connectivity index (χ3v) is 6.92. The maximum atomic E-state index is 12.3. The van der Waals surface area contributed by atoms with E-state index in [9.17, 15) is 14.9 Å². The van der Waals surface area contributed by atoms with Crippen molar-refractivity contribution in [2.45, 2.75) is 63.5 Å². The summed E-state index contributed by atoms with van der Waals surface area (Å²) in [6.45, 7) is 0. The van der Waals surface area contributed by atoms with E-state index in [1.54, 1.807) is 0 Å². The number of carbonyl (C=O) groups excluding carboxylic acids is 1. The van der Waals surface area contributed by atoms with Gasteiger partial charge in [0.15, 0.2) is 0 Å². The van der Waals surface area contributed by atoms with E-state index in [0.717, 1.165) is 43.6 Å². The summed E-state index contributed by atoms with van der Waals surface area (Å²) in [6, 6.07) is 3.47. The molecule has 0 radical (unpaired) electrons. The molecule has 182 valence electrons. The van der Waals surface area contributed by atoms with Gasteiger partial charge in [-0.1, -0.05) is 11.6 Å². The summed E-state index contributed by atoms with van der Waals surface area (Å²) < 4.78 is 0. The standard InChI is InChI=1S/C23H30ClN7O3/c1-29(2)21-17-5-3-4-6-19(17)27-23(28-21)26-14-7-9-15(10-8-14)30(22(25)32)20-12-11-16(31(33)34)13-18(20)24/h11-15H,3-10H2,1-2H3,(H2,25,32)(H,26,27,28)/t14-,15+. The first-order valence-corrected chi connectivity index (χ1v) is 12.0. The van der Waals surface area contributed by atoms with Gasteiger partial charge in [0.1, 0.15) is 5.82 Å². The molecule has 3 N–H and O–H groups in total. The van der Waals surface area contributed by atoms with Crippen LogP contribution in [0.1, 0.15) is 49.8 Å². The molecule has 1 heterocycles. The molecule has 11 heteroatoms. The number of fused-ring (bicyclic) bond motifs is 1. The fraction of sp³-hybridized carbons (Fsp3) is 0.522. The van der Waals surface area contributed by atoms with Gasteiger partial charge in [0.2, 0.25) is 5.95 Å². The number of hydrogen-bond donors (Lipinski definition) is 2. The van der Waals surface area contributed by atoms with E-state index in [4.69, 9.17) is 27.3 Å². The lowest BCUT2D eigenvalue weighted by molar-refractivity contribution is -0.384. The molecule has 1 fully saturated rings. The molecule has 0 spiro atoms. The fourth-order valence-corrected chi connectivity index (χ4v) is 5.24. The SMILES string of the molecule is CN(C)c1nc(N[C@H]2CC[C@@H](N(C(N)=O)c3ccc([N+](=O)[O-])cc3Cl)CC2)nc2c1CCCC2. The summed E-state index contributed by atoms with van der Waals surface area (Å²) in [5, 5.41) is 14.6. The van der Waals surface area contributed by atoms with Crippen LogP contribution in [0.15, 0.2) is 18.2 Å². The molecule has 0 atom stereocenters. The van der Waals surface area contributed by atoms with Crippen molar-refractivity contribution in [3.63, 3.8) is 0 Å². The van der Waals surface area contributed by atoms with E-state index >= 15 is 0 Å². The summed E-state index contributed by atoms with van der Waals surface area (Å²) in [6.07, 6.45) is 7.33. The minimum atomic E-state index is -0.624. The van der Waals surface area contributed by atoms with Gasteiger partial charge in [0.05, 0.1) is 21.3 Å². The Balaban J connectivity index is 1.46. The number of halogens is 1. The second-order valence-electron chi connectivity index (χ2n) is 9.15. The van der Waals surface area contributed by atoms with Crippen molar-refractivity contribution in [1.82, 2.24) is 9.97 Å². The molecule has 0 bridgehead atoms. The van der Waals surface area contributed by atoms with Crippen molar-refractivity contribution < 1.29 is 9.72 Å². The number of primary amides is 1. The second-order valence-corrected chi connectivity index (χ2v) is 9.56. The Labute approximate surface area is 203 Å². The van der Waals surface area contributed by atoms with Gasteiger partial charge in [-0.15, -0.1) is 0 Å². The van der Waals surface area contributed by atoms with Gasteiger partial charge < -0.3 is 16.0 Å². The molecule has 2 aliphatic rings. The first-order valence-electron chi connectivity index (χ1n) is 11.6. The largest absolute Gasteiger partial charge is 0.362 e. The number of urea groups is 1. The lowest BCUT2D eigenvalue weighted by Crippen LogP contribution is -2.47. The van der Waals surface area contributed by atoms with Crippen LogP contribution in [-0.4, -0.2) is 47.1 Å². The topological polar surface area (TPSA) is 131 Å². The molecule has 2 aromatic rings. The molecule has 1 saturated carbocycles. The average Bonchev–Trinajstić information content (AvgIpc) is 2.80. The Morgan fingerprint density at radius 2 is 1.88 bits per heavy atom. The van der Waals surface area contributed by atoms with E-state index in [0.29, 0.717) is 24.5 Å². The Kier molecular flexibility index (Phi) is 7.06. The van der Waals surface area contributed by atoms with Crippen molar-refractivity contribution >= 4 is 40.8 Å². The van der Waals surface area contributed by atoms with Crippen molar-refractivity contribution in [2.75, 3.05) is 29.2 Å². The molecule has 0 aliphatic heterocycles. The third kappa shape index (κ3) is 5.01. The summed E-state index contributed by atoms with van der Waals surface area (Å²) in [5.41, 5.74) is 8.34. The Hall–Kier alpha value is -3.14. The van der Waals surface area contributed by atoms with Crippen LogP contribution in [0.4, 0.5) is 27.9 Å². The molecule has 34 heavy (non-hydrogen) atoms. The summed E-state index contributed by atoms with van der Waals surface area (Å²) in [5.74, 6) is 1.63. The lowest BCUT2D eigenvalue weighted by atomic mass is 9.90. The highest BCUT2D eigenvalue weighted by molar-refractivity contribution is 6.34. The van der Waals surface area contributed by atoms with Crippen molar-refractivity contribution in [1.29, 1.82) is 0 Å². The predicted molar refractivity (Wildman–Crippen MR) is 133 cm³/mol. The number of carbonyl (C=O) groups is 1. The number of hydrogen-bond acceptors (Lipinski definition) is 7. The summed E-state index contributed by atoms with van der Waals surface area (Å²) in [4.78, 5) is 35.9. The van der Waals surface area contributed by atoms with Crippen LogP contribution < -0.4 is 20.9 Å². The number of nitrogens with two attached hydrogens (primary N) is 1. The number of aryl methyl sites for hydroxylation is 1. The fourth-order valence-electron chi connectivity index (χ4n) is 4.97. The van der Waals surface area contributed by atoms with Crippen molar-refractivity contribution in [3.8, 4) is 0 Å². The number of non-ortho nitro benzene ring substituents is 1. The van der Waals surface area contributed by atoms with E-state index in [2.05, 4.69) is 5.32 Å². The number of nitrogens with zero attached hydrogens (tertiary/aromatic N) is 5. The van der Waals surface area contributed by atoms with Crippen molar-refractivity contribution in [2.24, 2.45) is 5.73 Å². The van der Waals surface area contributed by atoms with Gasteiger partial charge in [-0.2, -0.15) is 4.98 Å². The van der Waals surface area contributed by atoms with Crippen LogP contribution in [0, 0.1) is 10.1 Å². The van der Waals surface area contributed by atoms with Gasteiger partial charge in [-0.25, -0.2) is 9.78 Å². The third-order valence-electron chi connectivity index (χ3n) is 6.62. The maximum absolute atomic E-state index is 12.3. The lowest BCUT2D eigenvalue weighted by Gasteiger charge is -2.36. The van der Waals surface area contributed by atoms with Crippen LogP contribution in [0.25, 0.3) is 0 Å². The molecule has 10 nitrogen and oxygen atoms in total. The van der Waals surface area contributed by atoms with Crippen LogP contribution in [0.2, 0.25) is 5.02 Å². The molecule has 2 amide bonds. The molecule has 1 aromatic heterocycles. The molecule has 0 unspecified atom stereocenters. The van der Waals surface area contributed by atoms with E-state index in [1.165, 1.54) is 35.1 Å². The average molecular weight is 488 g/mol. The highest BCUT2D eigenvalue weighted by Crippen LogP contribution is 2.35. The highest BCUT2D eigenvalue weighted by Gasteiger charge is 2.31. The molecule has 0 saturated heterocycles. The summed E-state index contributed by atoms with van der Waals surface area (Å²) in [7, 11) is 4.02. The Morgan fingerprint density at radius 3 is 2.50 bits per heavy atom. The van der Waals surface area contributed by atoms with Gasteiger partial charge in [-0.3, -0.25) is 15.0 Å². The number of nitro groups is 1. The number of nitro benzene ring substituents is 1.